The lowest BCUT2D eigenvalue weighted by atomic mass is 10.1. The first-order chi connectivity index (χ1) is 12.2. The maximum Gasteiger partial charge on any atom is 0.276 e. The molecule has 2 aromatic heterocycles. The molecule has 0 unspecified atom stereocenters. The van der Waals surface area contributed by atoms with Crippen molar-refractivity contribution in [1.82, 2.24) is 25.4 Å². The van der Waals surface area contributed by atoms with E-state index < -0.39 is 0 Å². The van der Waals surface area contributed by atoms with Gasteiger partial charge in [0.1, 0.15) is 6.61 Å². The van der Waals surface area contributed by atoms with E-state index in [0.717, 1.165) is 36.1 Å². The molecule has 0 spiro atoms. The predicted molar refractivity (Wildman–Crippen MR) is 91.1 cm³/mol. The van der Waals surface area contributed by atoms with Gasteiger partial charge in [-0.2, -0.15) is 10.2 Å². The summed E-state index contributed by atoms with van der Waals surface area (Å²) < 4.78 is 5.03. The van der Waals surface area contributed by atoms with Gasteiger partial charge in [0, 0.05) is 29.6 Å². The van der Waals surface area contributed by atoms with Crippen LogP contribution in [-0.2, 0) is 24.2 Å². The first-order valence-electron chi connectivity index (χ1n) is 8.12. The van der Waals surface area contributed by atoms with E-state index in [9.17, 15) is 4.79 Å². The molecule has 1 aliphatic carbocycles. The summed E-state index contributed by atoms with van der Waals surface area (Å²) in [5.74, 6) is 1.01. The smallest absolute Gasteiger partial charge is 0.276 e. The maximum atomic E-state index is 12.5. The Morgan fingerprint density at radius 1 is 1.28 bits per heavy atom. The summed E-state index contributed by atoms with van der Waals surface area (Å²) in [6, 6.07) is 7.41. The number of H-pyrrole nitrogens is 2. The zero-order valence-electron chi connectivity index (χ0n) is 13.8. The zero-order valence-corrected chi connectivity index (χ0v) is 13.8. The lowest BCUT2D eigenvalue weighted by Gasteiger charge is -2.05. The zero-order chi connectivity index (χ0) is 17.2. The SMILES string of the molecule is COCc1nc(-c2cccc(NC(=O)c3n[nH]c4c3CCC4)c2)n[nH]1. The fraction of sp³-hybridized carbons (Fsp3) is 0.294. The maximum absolute atomic E-state index is 12.5. The molecule has 3 aromatic rings. The molecule has 0 fully saturated rings. The summed E-state index contributed by atoms with van der Waals surface area (Å²) in [6.07, 6.45) is 2.92. The number of carbonyl (C=O) groups excluding carboxylic acids is 1. The van der Waals surface area contributed by atoms with Gasteiger partial charge in [-0.15, -0.1) is 0 Å². The fourth-order valence-corrected chi connectivity index (χ4v) is 3.06. The molecule has 8 nitrogen and oxygen atoms in total. The molecule has 4 rings (SSSR count). The van der Waals surface area contributed by atoms with Crippen LogP contribution < -0.4 is 5.32 Å². The van der Waals surface area contributed by atoms with Crippen LogP contribution >= 0.6 is 0 Å². The lowest BCUT2D eigenvalue weighted by Crippen LogP contribution is -2.14. The second kappa shape index (κ2) is 6.48. The molecular formula is C17H18N6O2. The molecule has 0 saturated carbocycles. The highest BCUT2D eigenvalue weighted by molar-refractivity contribution is 6.04. The Labute approximate surface area is 144 Å². The molecule has 8 heteroatoms. The molecule has 0 bridgehead atoms. The van der Waals surface area contributed by atoms with Crippen molar-refractivity contribution >= 4 is 11.6 Å². The van der Waals surface area contributed by atoms with Crippen molar-refractivity contribution in [3.8, 4) is 11.4 Å². The van der Waals surface area contributed by atoms with Gasteiger partial charge in [0.05, 0.1) is 0 Å². The number of aromatic amines is 2. The van der Waals surface area contributed by atoms with Crippen LogP contribution in [-0.4, -0.2) is 38.4 Å². The second-order valence-electron chi connectivity index (χ2n) is 5.96. The number of nitrogens with one attached hydrogen (secondary N) is 3. The van der Waals surface area contributed by atoms with Crippen molar-refractivity contribution in [2.75, 3.05) is 12.4 Å². The summed E-state index contributed by atoms with van der Waals surface area (Å²) >= 11 is 0. The van der Waals surface area contributed by atoms with Crippen LogP contribution in [0.1, 0.15) is 34.0 Å². The van der Waals surface area contributed by atoms with Crippen molar-refractivity contribution in [3.05, 3.63) is 47.0 Å². The number of hydrogen-bond donors (Lipinski definition) is 3. The number of methoxy groups -OCH3 is 1. The molecule has 128 valence electrons. The Morgan fingerprint density at radius 3 is 3.08 bits per heavy atom. The molecule has 0 aliphatic heterocycles. The number of fused-ring (bicyclic) bond motifs is 1. The van der Waals surface area contributed by atoms with Gasteiger partial charge in [-0.1, -0.05) is 12.1 Å². The quantitative estimate of drug-likeness (QED) is 0.660. The third-order valence-corrected chi connectivity index (χ3v) is 4.21. The Morgan fingerprint density at radius 2 is 2.20 bits per heavy atom. The molecule has 2 heterocycles. The van der Waals surface area contributed by atoms with E-state index in [1.54, 1.807) is 7.11 Å². The second-order valence-corrected chi connectivity index (χ2v) is 5.96. The summed E-state index contributed by atoms with van der Waals surface area (Å²) in [5.41, 5.74) is 4.08. The van der Waals surface area contributed by atoms with Gasteiger partial charge in [0.15, 0.2) is 17.3 Å². The number of benzene rings is 1. The van der Waals surface area contributed by atoms with Crippen molar-refractivity contribution in [1.29, 1.82) is 0 Å². The Balaban J connectivity index is 1.53. The van der Waals surface area contributed by atoms with Crippen molar-refractivity contribution in [2.45, 2.75) is 25.9 Å². The third kappa shape index (κ3) is 3.03. The van der Waals surface area contributed by atoms with Crippen molar-refractivity contribution in [3.63, 3.8) is 0 Å². The van der Waals surface area contributed by atoms with E-state index in [1.807, 2.05) is 24.3 Å². The largest absolute Gasteiger partial charge is 0.377 e. The summed E-state index contributed by atoms with van der Waals surface area (Å²) in [7, 11) is 1.60. The normalized spacial score (nSPS) is 13.0. The Kier molecular flexibility index (Phi) is 4.02. The number of aromatic nitrogens is 5. The lowest BCUT2D eigenvalue weighted by molar-refractivity contribution is 0.102. The minimum absolute atomic E-state index is 0.202. The highest BCUT2D eigenvalue weighted by Gasteiger charge is 2.23. The van der Waals surface area contributed by atoms with Crippen LogP contribution in [0.3, 0.4) is 0 Å². The molecule has 0 atom stereocenters. The molecule has 3 N–H and O–H groups in total. The third-order valence-electron chi connectivity index (χ3n) is 4.21. The highest BCUT2D eigenvalue weighted by atomic mass is 16.5. The first-order valence-corrected chi connectivity index (χ1v) is 8.12. The Bertz CT molecular complexity index is 914. The molecule has 1 aliphatic rings. The van der Waals surface area contributed by atoms with E-state index in [-0.39, 0.29) is 5.91 Å². The van der Waals surface area contributed by atoms with Gasteiger partial charge in [0.25, 0.3) is 5.91 Å². The minimum atomic E-state index is -0.202. The fourth-order valence-electron chi connectivity index (χ4n) is 3.06. The Hall–Kier alpha value is -3.00. The van der Waals surface area contributed by atoms with E-state index in [2.05, 4.69) is 30.7 Å². The van der Waals surface area contributed by atoms with E-state index in [0.29, 0.717) is 29.6 Å². The average Bonchev–Trinajstić information content (AvgIpc) is 3.32. The van der Waals surface area contributed by atoms with Gasteiger partial charge < -0.3 is 10.1 Å². The predicted octanol–water partition coefficient (Wildman–Crippen LogP) is 2.08. The first kappa shape index (κ1) is 15.5. The topological polar surface area (TPSA) is 109 Å². The molecule has 25 heavy (non-hydrogen) atoms. The van der Waals surface area contributed by atoms with E-state index in [1.165, 1.54) is 0 Å². The van der Waals surface area contributed by atoms with Crippen LogP contribution in [0.5, 0.6) is 0 Å². The summed E-state index contributed by atoms with van der Waals surface area (Å²) in [4.78, 5) is 16.9. The monoisotopic (exact) mass is 338 g/mol. The number of aryl methyl sites for hydroxylation is 1. The van der Waals surface area contributed by atoms with Crippen LogP contribution in [0.4, 0.5) is 5.69 Å². The van der Waals surface area contributed by atoms with Gasteiger partial charge in [-0.05, 0) is 31.4 Å². The van der Waals surface area contributed by atoms with Crippen molar-refractivity contribution in [2.24, 2.45) is 0 Å². The van der Waals surface area contributed by atoms with Crippen LogP contribution in [0.2, 0.25) is 0 Å². The molecular weight excluding hydrogens is 320 g/mol. The number of anilines is 1. The molecule has 1 aromatic carbocycles. The van der Waals surface area contributed by atoms with Crippen molar-refractivity contribution < 1.29 is 9.53 Å². The highest BCUT2D eigenvalue weighted by Crippen LogP contribution is 2.24. The standard InChI is InChI=1S/C17H18N6O2/c1-25-9-14-19-16(23-21-14)10-4-2-5-11(8-10)18-17(24)15-12-6-3-7-13(12)20-22-15/h2,4-5,8H,3,6-7,9H2,1H3,(H,18,24)(H,20,22)(H,19,21,23). The van der Waals surface area contributed by atoms with Gasteiger partial charge in [0.2, 0.25) is 0 Å². The summed E-state index contributed by atoms with van der Waals surface area (Å²) in [5, 5.41) is 17.0. The van der Waals surface area contributed by atoms with E-state index >= 15 is 0 Å². The molecule has 0 radical (unpaired) electrons. The van der Waals surface area contributed by atoms with Gasteiger partial charge in [-0.3, -0.25) is 15.0 Å². The summed E-state index contributed by atoms with van der Waals surface area (Å²) in [6.45, 7) is 0.369. The number of nitrogens with zero attached hydrogens (tertiary/aromatic N) is 3. The number of amides is 1. The number of ether oxygens (including phenoxy) is 1. The van der Waals surface area contributed by atoms with Gasteiger partial charge >= 0.3 is 0 Å². The molecule has 0 saturated heterocycles. The average molecular weight is 338 g/mol. The molecule has 1 amide bonds. The van der Waals surface area contributed by atoms with Crippen LogP contribution in [0.15, 0.2) is 24.3 Å². The number of hydrogen-bond acceptors (Lipinski definition) is 5. The van der Waals surface area contributed by atoms with Crippen LogP contribution in [0.25, 0.3) is 11.4 Å². The number of rotatable bonds is 5. The number of carbonyl (C=O) groups is 1. The van der Waals surface area contributed by atoms with Gasteiger partial charge in [-0.25, -0.2) is 4.98 Å². The minimum Gasteiger partial charge on any atom is -0.377 e. The van der Waals surface area contributed by atoms with E-state index in [4.69, 9.17) is 4.74 Å². The van der Waals surface area contributed by atoms with Crippen LogP contribution in [0, 0.1) is 0 Å².